The molecule has 1 unspecified atom stereocenters. The Morgan fingerprint density at radius 3 is 0.768 bits per heavy atom. The van der Waals surface area contributed by atoms with Gasteiger partial charge in [0, 0.05) is 19.3 Å². The van der Waals surface area contributed by atoms with E-state index >= 15 is 0 Å². The van der Waals surface area contributed by atoms with Gasteiger partial charge in [-0.25, -0.2) is 0 Å². The van der Waals surface area contributed by atoms with E-state index in [-0.39, 0.29) is 31.1 Å². The first kappa shape index (κ1) is 77.8. The fourth-order valence-electron chi connectivity index (χ4n) is 9.55. The van der Waals surface area contributed by atoms with Crippen LogP contribution in [0.25, 0.3) is 0 Å². The van der Waals surface area contributed by atoms with Crippen molar-refractivity contribution in [2.24, 2.45) is 0 Å². The van der Waals surface area contributed by atoms with Gasteiger partial charge in [0.25, 0.3) is 0 Å². The Morgan fingerprint density at radius 2 is 0.476 bits per heavy atom. The van der Waals surface area contributed by atoms with E-state index in [9.17, 15) is 14.4 Å². The largest absolute Gasteiger partial charge is 0.462 e. The number of esters is 3. The van der Waals surface area contributed by atoms with E-state index in [1.807, 2.05) is 0 Å². The Hall–Kier alpha value is -4.19. The summed E-state index contributed by atoms with van der Waals surface area (Å²) in [4.78, 5) is 38.3. The van der Waals surface area contributed by atoms with E-state index in [2.05, 4.69) is 142 Å². The molecule has 0 aliphatic heterocycles. The zero-order chi connectivity index (χ0) is 59.2. The van der Waals surface area contributed by atoms with Gasteiger partial charge in [0.05, 0.1) is 0 Å². The molecule has 0 N–H and O–H groups in total. The number of hydrogen-bond donors (Lipinski definition) is 0. The molecular formula is C76H128O6. The van der Waals surface area contributed by atoms with Crippen molar-refractivity contribution in [3.05, 3.63) is 122 Å². The Labute approximate surface area is 507 Å². The monoisotopic (exact) mass is 1140 g/mol. The van der Waals surface area contributed by atoms with Crippen LogP contribution < -0.4 is 0 Å². The zero-order valence-corrected chi connectivity index (χ0v) is 53.7. The summed E-state index contributed by atoms with van der Waals surface area (Å²) in [6.07, 6.45) is 96.4. The predicted octanol–water partition coefficient (Wildman–Crippen LogP) is 23.9. The molecule has 0 amide bonds. The molecule has 0 saturated heterocycles. The van der Waals surface area contributed by atoms with Gasteiger partial charge < -0.3 is 14.2 Å². The average Bonchev–Trinajstić information content (AvgIpc) is 3.47. The third-order valence-electron chi connectivity index (χ3n) is 14.7. The van der Waals surface area contributed by atoms with Crippen molar-refractivity contribution in [1.82, 2.24) is 0 Å². The van der Waals surface area contributed by atoms with Crippen LogP contribution in [0.5, 0.6) is 0 Å². The van der Waals surface area contributed by atoms with Crippen LogP contribution in [0, 0.1) is 0 Å². The molecule has 0 rings (SSSR count). The van der Waals surface area contributed by atoms with E-state index in [0.717, 1.165) is 128 Å². The average molecular weight is 1140 g/mol. The number of allylic oxidation sites excluding steroid dienone is 20. The van der Waals surface area contributed by atoms with Crippen LogP contribution in [-0.4, -0.2) is 37.2 Å². The van der Waals surface area contributed by atoms with E-state index < -0.39 is 6.10 Å². The fraction of sp³-hybridized carbons (Fsp3) is 0.697. The maximum Gasteiger partial charge on any atom is 0.306 e. The Morgan fingerprint density at radius 1 is 0.256 bits per heavy atom. The summed E-state index contributed by atoms with van der Waals surface area (Å²) in [6.45, 7) is 6.52. The smallest absolute Gasteiger partial charge is 0.306 e. The highest BCUT2D eigenvalue weighted by atomic mass is 16.6. The lowest BCUT2D eigenvalue weighted by Crippen LogP contribution is -2.30. The Kier molecular flexibility index (Phi) is 65.8. The van der Waals surface area contributed by atoms with Crippen LogP contribution in [0.3, 0.4) is 0 Å². The van der Waals surface area contributed by atoms with Crippen LogP contribution in [-0.2, 0) is 28.6 Å². The van der Waals surface area contributed by atoms with Crippen molar-refractivity contribution in [1.29, 1.82) is 0 Å². The molecule has 0 aromatic heterocycles. The molecule has 0 bridgehead atoms. The molecule has 6 heteroatoms. The van der Waals surface area contributed by atoms with Crippen molar-refractivity contribution in [2.75, 3.05) is 13.2 Å². The van der Waals surface area contributed by atoms with Crippen LogP contribution >= 0.6 is 0 Å². The summed E-state index contributed by atoms with van der Waals surface area (Å²) in [5, 5.41) is 0. The van der Waals surface area contributed by atoms with Crippen molar-refractivity contribution in [3.8, 4) is 0 Å². The van der Waals surface area contributed by atoms with Crippen molar-refractivity contribution >= 4 is 17.9 Å². The highest BCUT2D eigenvalue weighted by Crippen LogP contribution is 2.16. The van der Waals surface area contributed by atoms with Gasteiger partial charge in [0.1, 0.15) is 13.2 Å². The highest BCUT2D eigenvalue weighted by molar-refractivity contribution is 5.71. The fourth-order valence-corrected chi connectivity index (χ4v) is 9.55. The van der Waals surface area contributed by atoms with Crippen LogP contribution in [0.15, 0.2) is 122 Å². The molecule has 468 valence electrons. The van der Waals surface area contributed by atoms with E-state index in [1.54, 1.807) is 0 Å². The number of unbranched alkanes of at least 4 members (excludes halogenated alkanes) is 31. The Bertz CT molecular complexity index is 1690. The van der Waals surface area contributed by atoms with Gasteiger partial charge in [0.2, 0.25) is 0 Å². The SMILES string of the molecule is CC/C=C\C/C=C\C/C=C\C/C=C\C/C=C\C/C=C\C/C=C\C/C=C\C/C=C\CCCCCCCCCC(=O)OCC(COC(=O)CCCCCCC/C=C\CCCCCC)OC(=O)CCCCCCCCCCCCCCCCCC. The molecule has 82 heavy (non-hydrogen) atoms. The van der Waals surface area contributed by atoms with Gasteiger partial charge >= 0.3 is 17.9 Å². The molecule has 0 radical (unpaired) electrons. The molecule has 1 atom stereocenters. The molecule has 0 saturated carbocycles. The summed E-state index contributed by atoms with van der Waals surface area (Å²) in [5.74, 6) is -0.892. The third-order valence-corrected chi connectivity index (χ3v) is 14.7. The van der Waals surface area contributed by atoms with E-state index in [4.69, 9.17) is 14.2 Å². The van der Waals surface area contributed by atoms with Crippen LogP contribution in [0.1, 0.15) is 323 Å². The lowest BCUT2D eigenvalue weighted by Gasteiger charge is -2.18. The minimum Gasteiger partial charge on any atom is -0.462 e. The van der Waals surface area contributed by atoms with Gasteiger partial charge in [-0.05, 0) is 116 Å². The maximum atomic E-state index is 12.9. The molecule has 0 heterocycles. The van der Waals surface area contributed by atoms with Crippen LogP contribution in [0.4, 0.5) is 0 Å². The Balaban J connectivity index is 4.26. The molecule has 0 spiro atoms. The zero-order valence-electron chi connectivity index (χ0n) is 53.7. The minimum absolute atomic E-state index is 0.0838. The van der Waals surface area contributed by atoms with Crippen molar-refractivity contribution in [3.63, 3.8) is 0 Å². The lowest BCUT2D eigenvalue weighted by atomic mass is 10.0. The standard InChI is InChI=1S/C76H128O6/c1-4-7-10-13-16-19-22-25-27-29-30-31-32-33-34-35-36-37-38-39-40-41-42-43-44-45-46-47-49-51-54-57-60-63-66-69-75(78)81-72-73(71-80-74(77)68-65-62-59-56-53-50-24-21-18-15-12-9-6-3)82-76(79)70-67-64-61-58-55-52-48-28-26-23-20-17-14-11-8-5-2/h7,10,16,19,21,24-25,27,30-31,33-34,36-37,39-40,42-43,45-46,73H,4-6,8-9,11-15,17-18,20,22-23,26,28-29,32,35,38,41,44,47-72H2,1-3H3/b10-7-,19-16-,24-21-,27-25-,31-30-,34-33-,37-36-,40-39-,43-42-,46-45-. The summed E-state index contributed by atoms with van der Waals surface area (Å²) < 4.78 is 16.9. The first-order chi connectivity index (χ1) is 40.5. The third kappa shape index (κ3) is 66.6. The van der Waals surface area contributed by atoms with Gasteiger partial charge in [-0.1, -0.05) is 309 Å². The molecular weight excluding hydrogens is 1010 g/mol. The number of ether oxygens (including phenoxy) is 3. The van der Waals surface area contributed by atoms with Gasteiger partial charge in [-0.2, -0.15) is 0 Å². The predicted molar refractivity (Wildman–Crippen MR) is 357 cm³/mol. The number of carbonyl (C=O) groups is 3. The minimum atomic E-state index is -0.787. The van der Waals surface area contributed by atoms with Crippen molar-refractivity contribution in [2.45, 2.75) is 329 Å². The second kappa shape index (κ2) is 69.3. The summed E-state index contributed by atoms with van der Waals surface area (Å²) >= 11 is 0. The quantitative estimate of drug-likeness (QED) is 0.0261. The van der Waals surface area contributed by atoms with Crippen molar-refractivity contribution < 1.29 is 28.6 Å². The summed E-state index contributed by atoms with van der Waals surface area (Å²) in [5.41, 5.74) is 0. The lowest BCUT2D eigenvalue weighted by molar-refractivity contribution is -0.167. The van der Waals surface area contributed by atoms with E-state index in [0.29, 0.717) is 19.3 Å². The normalized spacial score (nSPS) is 12.9. The summed E-state index contributed by atoms with van der Waals surface area (Å²) in [7, 11) is 0. The molecule has 0 aliphatic carbocycles. The summed E-state index contributed by atoms with van der Waals surface area (Å²) in [6, 6.07) is 0. The maximum absolute atomic E-state index is 12.9. The molecule has 0 aliphatic rings. The van der Waals surface area contributed by atoms with E-state index in [1.165, 1.54) is 154 Å². The molecule has 0 aromatic rings. The van der Waals surface area contributed by atoms with Crippen LogP contribution in [0.2, 0.25) is 0 Å². The second-order valence-corrected chi connectivity index (χ2v) is 22.7. The second-order valence-electron chi connectivity index (χ2n) is 22.7. The van der Waals surface area contributed by atoms with Gasteiger partial charge in [-0.15, -0.1) is 0 Å². The first-order valence-corrected chi connectivity index (χ1v) is 34.5. The van der Waals surface area contributed by atoms with Gasteiger partial charge in [-0.3, -0.25) is 14.4 Å². The highest BCUT2D eigenvalue weighted by Gasteiger charge is 2.19. The topological polar surface area (TPSA) is 78.9 Å². The number of hydrogen-bond acceptors (Lipinski definition) is 6. The molecule has 0 aromatic carbocycles. The first-order valence-electron chi connectivity index (χ1n) is 34.5. The van der Waals surface area contributed by atoms with Gasteiger partial charge in [0.15, 0.2) is 6.10 Å². The molecule has 0 fully saturated rings. The molecule has 6 nitrogen and oxygen atoms in total. The number of rotatable bonds is 62. The number of carbonyl (C=O) groups excluding carboxylic acids is 3.